The minimum absolute atomic E-state index is 0.116. The van der Waals surface area contributed by atoms with Crippen molar-refractivity contribution in [2.75, 3.05) is 24.4 Å². The van der Waals surface area contributed by atoms with Crippen LogP contribution >= 0.6 is 23.5 Å². The van der Waals surface area contributed by atoms with Gasteiger partial charge < -0.3 is 14.6 Å². The van der Waals surface area contributed by atoms with E-state index in [9.17, 15) is 4.79 Å². The maximum atomic E-state index is 13.8. The molecule has 1 aliphatic rings. The summed E-state index contributed by atoms with van der Waals surface area (Å²) in [6.45, 7) is 7.29. The molecule has 0 saturated heterocycles. The third-order valence-corrected chi connectivity index (χ3v) is 8.22. The standard InChI is InChI=1S/C30H33N3O2S2/c1-18-6-11-22(12-7-18)27-23-14-19(2)8-13-24(23)35-25(27)17-33(16-21-9-10-21)30(34)32-28-26(36-4)15-20(3)31-29(28)37-5/h6-8,11-15,21H,9-10,16-17H2,1-5H3,(H,32,34). The van der Waals surface area contributed by atoms with Crippen molar-refractivity contribution >= 4 is 46.2 Å². The van der Waals surface area contributed by atoms with Crippen molar-refractivity contribution in [1.82, 2.24) is 9.88 Å². The van der Waals surface area contributed by atoms with Gasteiger partial charge in [0.15, 0.2) is 0 Å². The molecule has 0 aliphatic heterocycles. The van der Waals surface area contributed by atoms with Crippen molar-refractivity contribution < 1.29 is 9.21 Å². The van der Waals surface area contributed by atoms with E-state index in [2.05, 4.69) is 60.5 Å². The number of nitrogens with zero attached hydrogens (tertiary/aromatic N) is 2. The third kappa shape index (κ3) is 5.68. The van der Waals surface area contributed by atoms with Crippen LogP contribution in [0.5, 0.6) is 0 Å². The Morgan fingerprint density at radius 2 is 1.76 bits per heavy atom. The maximum absolute atomic E-state index is 13.8. The second kappa shape index (κ2) is 10.8. The topological polar surface area (TPSA) is 58.4 Å². The molecule has 0 atom stereocenters. The minimum Gasteiger partial charge on any atom is -0.459 e. The predicted molar refractivity (Wildman–Crippen MR) is 156 cm³/mol. The molecule has 0 spiro atoms. The zero-order valence-corrected chi connectivity index (χ0v) is 23.7. The predicted octanol–water partition coefficient (Wildman–Crippen LogP) is 8.31. The van der Waals surface area contributed by atoms with Crippen LogP contribution in [0.25, 0.3) is 22.1 Å². The largest absolute Gasteiger partial charge is 0.459 e. The lowest BCUT2D eigenvalue weighted by molar-refractivity contribution is 0.202. The molecule has 2 aromatic carbocycles. The number of carbonyl (C=O) groups excluding carboxylic acids is 1. The monoisotopic (exact) mass is 531 g/mol. The number of hydrogen-bond donors (Lipinski definition) is 1. The minimum atomic E-state index is -0.116. The van der Waals surface area contributed by atoms with Crippen LogP contribution in [0.4, 0.5) is 10.5 Å². The van der Waals surface area contributed by atoms with Gasteiger partial charge in [-0.3, -0.25) is 0 Å². The summed E-state index contributed by atoms with van der Waals surface area (Å²) < 4.78 is 6.43. The van der Waals surface area contributed by atoms with Gasteiger partial charge in [-0.15, -0.1) is 23.5 Å². The maximum Gasteiger partial charge on any atom is 0.322 e. The number of hydrogen-bond acceptors (Lipinski definition) is 5. The van der Waals surface area contributed by atoms with Crippen molar-refractivity contribution in [1.29, 1.82) is 0 Å². The molecular formula is C30H33N3O2S2. The van der Waals surface area contributed by atoms with Gasteiger partial charge in [-0.1, -0.05) is 41.5 Å². The van der Waals surface area contributed by atoms with Gasteiger partial charge in [0.2, 0.25) is 0 Å². The highest BCUT2D eigenvalue weighted by Gasteiger charge is 2.30. The number of carbonyl (C=O) groups is 1. The van der Waals surface area contributed by atoms with E-state index in [0.29, 0.717) is 19.0 Å². The molecule has 4 aromatic rings. The SMILES string of the molecule is CSc1cc(C)nc(SC)c1NC(=O)N(Cc1oc2ccc(C)cc2c1-c1ccc(C)cc1)CC1CC1. The second-order valence-corrected chi connectivity index (χ2v) is 11.5. The third-order valence-electron chi connectivity index (χ3n) is 6.78. The van der Waals surface area contributed by atoms with E-state index >= 15 is 0 Å². The first-order valence-electron chi connectivity index (χ1n) is 12.6. The summed E-state index contributed by atoms with van der Waals surface area (Å²) in [5.74, 6) is 1.36. The Morgan fingerprint density at radius 3 is 2.43 bits per heavy atom. The van der Waals surface area contributed by atoms with Gasteiger partial charge in [0, 0.05) is 28.1 Å². The number of aryl methyl sites for hydroxylation is 3. The number of anilines is 1. The fourth-order valence-corrected chi connectivity index (χ4v) is 5.95. The number of fused-ring (bicyclic) bond motifs is 1. The molecule has 0 unspecified atom stereocenters. The van der Waals surface area contributed by atoms with E-state index < -0.39 is 0 Å². The number of furan rings is 1. The van der Waals surface area contributed by atoms with Crippen LogP contribution in [0.2, 0.25) is 0 Å². The van der Waals surface area contributed by atoms with Gasteiger partial charge >= 0.3 is 6.03 Å². The number of urea groups is 1. The van der Waals surface area contributed by atoms with E-state index in [1.807, 2.05) is 36.5 Å². The highest BCUT2D eigenvalue weighted by atomic mass is 32.2. The Bertz CT molecular complexity index is 1420. The summed E-state index contributed by atoms with van der Waals surface area (Å²) in [6.07, 6.45) is 6.34. The molecule has 1 fully saturated rings. The lowest BCUT2D eigenvalue weighted by Crippen LogP contribution is -2.36. The molecule has 0 bridgehead atoms. The van der Waals surface area contributed by atoms with Crippen molar-refractivity contribution in [2.45, 2.75) is 50.1 Å². The number of aromatic nitrogens is 1. The molecule has 5 rings (SSSR count). The van der Waals surface area contributed by atoms with Crippen LogP contribution in [0.15, 0.2) is 62.9 Å². The summed E-state index contributed by atoms with van der Waals surface area (Å²) in [4.78, 5) is 21.4. The fourth-order valence-electron chi connectivity index (χ4n) is 4.64. The van der Waals surface area contributed by atoms with Crippen molar-refractivity contribution in [3.05, 3.63) is 71.1 Å². The Kier molecular flexibility index (Phi) is 7.54. The molecule has 1 aliphatic carbocycles. The van der Waals surface area contributed by atoms with Gasteiger partial charge in [-0.05, 0) is 75.8 Å². The van der Waals surface area contributed by atoms with E-state index in [4.69, 9.17) is 4.42 Å². The number of benzene rings is 2. The zero-order valence-electron chi connectivity index (χ0n) is 22.1. The average molecular weight is 532 g/mol. The van der Waals surface area contributed by atoms with Crippen LogP contribution in [-0.4, -0.2) is 35.0 Å². The number of nitrogens with one attached hydrogen (secondary N) is 1. The van der Waals surface area contributed by atoms with Crippen LogP contribution in [0, 0.1) is 26.7 Å². The van der Waals surface area contributed by atoms with Gasteiger partial charge in [0.25, 0.3) is 0 Å². The highest BCUT2D eigenvalue weighted by Crippen LogP contribution is 2.38. The summed E-state index contributed by atoms with van der Waals surface area (Å²) in [5.41, 5.74) is 7.15. The van der Waals surface area contributed by atoms with Crippen LogP contribution < -0.4 is 5.32 Å². The molecule has 192 valence electrons. The quantitative estimate of drug-likeness (QED) is 0.232. The second-order valence-electron chi connectivity index (χ2n) is 9.87. The van der Waals surface area contributed by atoms with E-state index in [-0.39, 0.29) is 6.03 Å². The summed E-state index contributed by atoms with van der Waals surface area (Å²) in [6, 6.07) is 16.7. The van der Waals surface area contributed by atoms with Crippen LogP contribution in [-0.2, 0) is 6.54 Å². The van der Waals surface area contributed by atoms with Gasteiger partial charge in [0.1, 0.15) is 16.4 Å². The molecule has 37 heavy (non-hydrogen) atoms. The molecule has 0 radical (unpaired) electrons. The Morgan fingerprint density at radius 1 is 1.03 bits per heavy atom. The van der Waals surface area contributed by atoms with Gasteiger partial charge in [-0.25, -0.2) is 9.78 Å². The van der Waals surface area contributed by atoms with E-state index in [1.54, 1.807) is 23.5 Å². The molecule has 5 nitrogen and oxygen atoms in total. The Labute approximate surface area is 227 Å². The van der Waals surface area contributed by atoms with Crippen LogP contribution in [0.3, 0.4) is 0 Å². The molecule has 2 aromatic heterocycles. The number of thioether (sulfide) groups is 2. The zero-order chi connectivity index (χ0) is 26.1. The van der Waals surface area contributed by atoms with E-state index in [0.717, 1.165) is 62.0 Å². The van der Waals surface area contributed by atoms with Crippen molar-refractivity contribution in [3.63, 3.8) is 0 Å². The van der Waals surface area contributed by atoms with Gasteiger partial charge in [0.05, 0.1) is 12.2 Å². The first-order valence-corrected chi connectivity index (χ1v) is 15.1. The lowest BCUT2D eigenvalue weighted by Gasteiger charge is -2.24. The average Bonchev–Trinajstić information content (AvgIpc) is 3.64. The number of amides is 2. The van der Waals surface area contributed by atoms with Gasteiger partial charge in [-0.2, -0.15) is 0 Å². The number of pyridine rings is 1. The molecule has 7 heteroatoms. The molecule has 1 N–H and O–H groups in total. The summed E-state index contributed by atoms with van der Waals surface area (Å²) in [5, 5.41) is 5.13. The number of rotatable bonds is 8. The Hall–Kier alpha value is -2.90. The lowest BCUT2D eigenvalue weighted by atomic mass is 9.99. The van der Waals surface area contributed by atoms with E-state index in [1.165, 1.54) is 11.1 Å². The van der Waals surface area contributed by atoms with Crippen molar-refractivity contribution in [2.24, 2.45) is 5.92 Å². The molecule has 2 heterocycles. The summed E-state index contributed by atoms with van der Waals surface area (Å²) in [7, 11) is 0. The van der Waals surface area contributed by atoms with Crippen LogP contribution in [0.1, 0.15) is 35.4 Å². The van der Waals surface area contributed by atoms with Crippen molar-refractivity contribution in [3.8, 4) is 11.1 Å². The normalized spacial score (nSPS) is 13.2. The smallest absolute Gasteiger partial charge is 0.322 e. The molecule has 1 saturated carbocycles. The highest BCUT2D eigenvalue weighted by molar-refractivity contribution is 7.99. The fraction of sp³-hybridized carbons (Fsp3) is 0.333. The Balaban J connectivity index is 1.52. The first kappa shape index (κ1) is 25.7. The first-order chi connectivity index (χ1) is 17.9. The molecule has 2 amide bonds. The summed E-state index contributed by atoms with van der Waals surface area (Å²) >= 11 is 3.18. The molecular weight excluding hydrogens is 498 g/mol.